The van der Waals surface area contributed by atoms with E-state index in [0.29, 0.717) is 36.3 Å². The molecule has 0 spiro atoms. The number of amides is 2. The van der Waals surface area contributed by atoms with Gasteiger partial charge in [-0.05, 0) is 49.9 Å². The predicted octanol–water partition coefficient (Wildman–Crippen LogP) is 2.31. The summed E-state index contributed by atoms with van der Waals surface area (Å²) < 4.78 is 78.1. The number of nitrogens with one attached hydrogen (secondary N) is 4. The first-order chi connectivity index (χ1) is 28.7. The summed E-state index contributed by atoms with van der Waals surface area (Å²) >= 11 is 0. The van der Waals surface area contributed by atoms with Gasteiger partial charge >= 0.3 is 11.9 Å². The molecule has 0 fully saturated rings. The molecule has 19 nitrogen and oxygen atoms in total. The minimum atomic E-state index is -2.38. The first-order valence-corrected chi connectivity index (χ1v) is 18.0. The highest BCUT2D eigenvalue weighted by atomic mass is 19.2. The third-order valence-corrected chi connectivity index (χ3v) is 8.42. The van der Waals surface area contributed by atoms with Crippen molar-refractivity contribution < 1.29 is 55.7 Å². The number of H-pyrrole nitrogens is 1. The molecule has 0 radical (unpaired) electrons. The van der Waals surface area contributed by atoms with Crippen LogP contribution < -0.4 is 32.0 Å². The fourth-order valence-corrected chi connectivity index (χ4v) is 5.35. The van der Waals surface area contributed by atoms with Gasteiger partial charge in [0.15, 0.2) is 11.2 Å². The maximum absolute atomic E-state index is 13.7. The molecule has 24 heteroatoms. The van der Waals surface area contributed by atoms with Gasteiger partial charge in [0.1, 0.15) is 6.04 Å². The molecular formula is C36H36F5N11O8. The fraction of sp³-hybridized carbons (Fsp3) is 0.333. The van der Waals surface area contributed by atoms with E-state index in [0.717, 1.165) is 0 Å². The van der Waals surface area contributed by atoms with Crippen LogP contribution in [0.2, 0.25) is 0 Å². The minimum Gasteiger partial charge on any atom is -0.481 e. The Morgan fingerprint density at radius 2 is 1.63 bits per heavy atom. The standard InChI is InChI=1S/C36H36F5N11O8/c37-25-26(38)28(40)31(29(41)27(25)39)60-24(55)10-13-59-14-12-52-17-20(50-51-52)3-1-2-11-43-34(57)22(8-9-23(53)54)47-33(56)18-4-6-19(7-5-18)44-15-21-16-45-32-30(46-21)35(58)49-36(42)48-32/h4-7,16-17,22,44H,1-3,8-15H2,(H,43,57)(H,47,56)(H,53,54)(H3,42,45,48,49,58)/t22-/m0/s1. The Balaban J connectivity index is 0.992. The van der Waals surface area contributed by atoms with Gasteiger partial charge < -0.3 is 36.3 Å². The van der Waals surface area contributed by atoms with E-state index in [2.05, 4.69) is 50.9 Å². The molecule has 5 rings (SSSR count). The van der Waals surface area contributed by atoms with Gasteiger partial charge in [-0.1, -0.05) is 5.21 Å². The number of aliphatic carboxylic acids is 1. The molecule has 0 saturated heterocycles. The van der Waals surface area contributed by atoms with Crippen molar-refractivity contribution in [3.05, 3.63) is 93.1 Å². The molecule has 7 N–H and O–H groups in total. The fourth-order valence-electron chi connectivity index (χ4n) is 5.35. The lowest BCUT2D eigenvalue weighted by Gasteiger charge is -2.18. The Morgan fingerprint density at radius 3 is 2.35 bits per heavy atom. The smallest absolute Gasteiger partial charge is 0.313 e. The number of unbranched alkanes of at least 4 members (excludes halogenated alkanes) is 1. The van der Waals surface area contributed by atoms with Crippen molar-refractivity contribution in [2.45, 2.75) is 57.7 Å². The largest absolute Gasteiger partial charge is 0.481 e. The Kier molecular flexibility index (Phi) is 15.1. The highest BCUT2D eigenvalue weighted by molar-refractivity contribution is 5.98. The molecule has 3 heterocycles. The number of halogens is 5. The van der Waals surface area contributed by atoms with Crippen LogP contribution in [0.1, 0.15) is 53.8 Å². The summed E-state index contributed by atoms with van der Waals surface area (Å²) in [5.41, 5.74) is 7.01. The third kappa shape index (κ3) is 12.0. The van der Waals surface area contributed by atoms with Gasteiger partial charge in [-0.2, -0.15) is 13.8 Å². The van der Waals surface area contributed by atoms with Crippen molar-refractivity contribution in [1.82, 2.24) is 45.6 Å². The topological polar surface area (TPSA) is 271 Å². The number of nitrogens with two attached hydrogens (primary N) is 1. The van der Waals surface area contributed by atoms with Gasteiger partial charge in [0.2, 0.25) is 46.7 Å². The van der Waals surface area contributed by atoms with E-state index in [1.807, 2.05) is 0 Å². The number of nitrogen functional groups attached to an aromatic ring is 1. The number of aromatic nitrogens is 7. The molecule has 0 aliphatic heterocycles. The van der Waals surface area contributed by atoms with Crippen LogP contribution in [0.3, 0.4) is 0 Å². The molecule has 3 aromatic heterocycles. The zero-order valence-corrected chi connectivity index (χ0v) is 31.3. The molecule has 5 aromatic rings. The van der Waals surface area contributed by atoms with Crippen molar-refractivity contribution in [1.29, 1.82) is 0 Å². The number of carboxylic acid groups (broad SMARTS) is 1. The number of aryl methyl sites for hydroxylation is 1. The maximum atomic E-state index is 13.7. The number of ether oxygens (including phenoxy) is 2. The lowest BCUT2D eigenvalue weighted by Crippen LogP contribution is -2.47. The summed E-state index contributed by atoms with van der Waals surface area (Å²) in [5.74, 6) is -16.8. The quantitative estimate of drug-likeness (QED) is 0.0155. The number of fused-ring (bicyclic) bond motifs is 1. The predicted molar refractivity (Wildman–Crippen MR) is 198 cm³/mol. The highest BCUT2D eigenvalue weighted by Gasteiger charge is 2.28. The average molecular weight is 846 g/mol. The van der Waals surface area contributed by atoms with Gasteiger partial charge in [-0.15, -0.1) is 5.10 Å². The molecule has 60 heavy (non-hydrogen) atoms. The first-order valence-electron chi connectivity index (χ1n) is 18.0. The molecule has 2 amide bonds. The number of carbonyl (C=O) groups excluding carboxylic acids is 3. The Morgan fingerprint density at radius 1 is 0.917 bits per heavy atom. The molecule has 0 saturated carbocycles. The van der Waals surface area contributed by atoms with Gasteiger partial charge in [0.05, 0.1) is 50.3 Å². The Labute approximate surface area is 334 Å². The number of carboxylic acids is 1. The van der Waals surface area contributed by atoms with Crippen LogP contribution in [0.5, 0.6) is 5.75 Å². The molecule has 0 aliphatic rings. The lowest BCUT2D eigenvalue weighted by molar-refractivity contribution is -0.138. The zero-order valence-electron chi connectivity index (χ0n) is 31.3. The summed E-state index contributed by atoms with van der Waals surface area (Å²) in [7, 11) is 0. The monoisotopic (exact) mass is 845 g/mol. The number of aromatic amines is 1. The van der Waals surface area contributed by atoms with Crippen molar-refractivity contribution in [3.8, 4) is 5.75 Å². The highest BCUT2D eigenvalue weighted by Crippen LogP contribution is 2.29. The van der Waals surface area contributed by atoms with Crippen LogP contribution in [-0.4, -0.2) is 89.6 Å². The number of nitrogens with zero attached hydrogens (tertiary/aromatic N) is 6. The van der Waals surface area contributed by atoms with Gasteiger partial charge in [-0.25, -0.2) is 27.8 Å². The number of benzene rings is 2. The second-order valence-electron chi connectivity index (χ2n) is 12.8. The summed E-state index contributed by atoms with van der Waals surface area (Å²) in [6.45, 7) is 0.332. The molecule has 318 valence electrons. The lowest BCUT2D eigenvalue weighted by atomic mass is 10.1. The van der Waals surface area contributed by atoms with Gasteiger partial charge in [-0.3, -0.25) is 29.0 Å². The van der Waals surface area contributed by atoms with Crippen LogP contribution in [0.25, 0.3) is 11.2 Å². The second-order valence-corrected chi connectivity index (χ2v) is 12.8. The van der Waals surface area contributed by atoms with Crippen molar-refractivity contribution in [2.75, 3.05) is 30.8 Å². The second kappa shape index (κ2) is 20.5. The van der Waals surface area contributed by atoms with E-state index in [1.165, 1.54) is 23.0 Å². The normalized spacial score (nSPS) is 11.6. The minimum absolute atomic E-state index is 0.0236. The maximum Gasteiger partial charge on any atom is 0.313 e. The summed E-state index contributed by atoms with van der Waals surface area (Å²) in [6, 6.07) is 5.12. The molecule has 0 bridgehead atoms. The number of esters is 1. The molecule has 1 atom stereocenters. The number of rotatable bonds is 21. The van der Waals surface area contributed by atoms with Crippen LogP contribution >= 0.6 is 0 Å². The average Bonchev–Trinajstić information content (AvgIpc) is 3.68. The Hall–Kier alpha value is -7.11. The van der Waals surface area contributed by atoms with Gasteiger partial charge in [0, 0.05) is 30.4 Å². The van der Waals surface area contributed by atoms with Gasteiger partial charge in [0.25, 0.3) is 11.5 Å². The van der Waals surface area contributed by atoms with Crippen LogP contribution in [0.15, 0.2) is 41.5 Å². The number of anilines is 2. The van der Waals surface area contributed by atoms with Crippen molar-refractivity contribution >= 4 is 46.6 Å². The number of hydrogen-bond acceptors (Lipinski definition) is 14. The molecule has 0 unspecified atom stereocenters. The third-order valence-electron chi connectivity index (χ3n) is 8.42. The summed E-state index contributed by atoms with van der Waals surface area (Å²) in [6.07, 6.45) is 3.56. The van der Waals surface area contributed by atoms with Crippen LogP contribution in [0, 0.1) is 29.1 Å². The van der Waals surface area contributed by atoms with Crippen molar-refractivity contribution in [3.63, 3.8) is 0 Å². The first kappa shape index (κ1) is 44.0. The number of hydrogen-bond donors (Lipinski definition) is 6. The van der Waals surface area contributed by atoms with E-state index < -0.39 is 76.6 Å². The molecule has 0 aliphatic carbocycles. The van der Waals surface area contributed by atoms with Crippen molar-refractivity contribution in [2.24, 2.45) is 0 Å². The van der Waals surface area contributed by atoms with E-state index >= 15 is 0 Å². The van der Waals surface area contributed by atoms with Crippen LogP contribution in [0.4, 0.5) is 33.6 Å². The van der Waals surface area contributed by atoms with Crippen LogP contribution in [-0.2, 0) is 38.6 Å². The van der Waals surface area contributed by atoms with E-state index in [-0.39, 0.29) is 68.4 Å². The summed E-state index contributed by atoms with van der Waals surface area (Å²) in [4.78, 5) is 75.9. The molecular weight excluding hydrogens is 809 g/mol. The molecule has 2 aromatic carbocycles. The number of carbonyl (C=O) groups is 4. The summed E-state index contributed by atoms with van der Waals surface area (Å²) in [5, 5.41) is 25.6. The zero-order chi connectivity index (χ0) is 43.3. The Bertz CT molecular complexity index is 2390. The van der Waals surface area contributed by atoms with E-state index in [4.69, 9.17) is 10.5 Å². The van der Waals surface area contributed by atoms with E-state index in [9.17, 15) is 51.0 Å². The van der Waals surface area contributed by atoms with E-state index in [1.54, 1.807) is 18.3 Å². The SMILES string of the molecule is Nc1nc2ncc(CNc3ccc(C(=O)N[C@@H](CCC(=O)O)C(=O)NCCCCc4cn(CCOCCC(=O)Oc5c(F)c(F)c(F)c(F)c5F)nn4)cc3)nc2c(=O)[nH]1.